The summed E-state index contributed by atoms with van der Waals surface area (Å²) in [6, 6.07) is 12.9. The third-order valence-corrected chi connectivity index (χ3v) is 5.29. The minimum absolute atomic E-state index is 0.0142. The molecule has 1 unspecified atom stereocenters. The predicted octanol–water partition coefficient (Wildman–Crippen LogP) is 5.08. The van der Waals surface area contributed by atoms with Gasteiger partial charge in [-0.3, -0.25) is 4.79 Å². The fourth-order valence-electron chi connectivity index (χ4n) is 3.40. The van der Waals surface area contributed by atoms with Crippen LogP contribution in [0.15, 0.2) is 48.5 Å². The van der Waals surface area contributed by atoms with Crippen molar-refractivity contribution in [3.63, 3.8) is 0 Å². The second-order valence-electron chi connectivity index (χ2n) is 6.55. The van der Waals surface area contributed by atoms with Gasteiger partial charge in [-0.05, 0) is 48.1 Å². The van der Waals surface area contributed by atoms with Gasteiger partial charge < -0.3 is 10.0 Å². The highest BCUT2D eigenvalue weighted by molar-refractivity contribution is 6.39. The molecule has 1 atom stereocenters. The number of amides is 1. The average Bonchev–Trinajstić information content (AvgIpc) is 2.63. The number of piperidine rings is 1. The first-order chi connectivity index (χ1) is 13.0. The lowest BCUT2D eigenvalue weighted by Crippen LogP contribution is -2.41. The maximum atomic E-state index is 12.5. The smallest absolute Gasteiger partial charge is 0.328 e. The Morgan fingerprint density at radius 3 is 2.56 bits per heavy atom. The number of halogens is 2. The summed E-state index contributed by atoms with van der Waals surface area (Å²) in [6.45, 7) is 0.527. The zero-order chi connectivity index (χ0) is 19.4. The molecule has 1 aliphatic heterocycles. The monoisotopic (exact) mass is 403 g/mol. The van der Waals surface area contributed by atoms with Crippen molar-refractivity contribution in [3.05, 3.63) is 69.7 Å². The number of hydrogen-bond donors (Lipinski definition) is 1. The quantitative estimate of drug-likeness (QED) is 0.708. The number of carboxylic acids is 1. The van der Waals surface area contributed by atoms with Crippen molar-refractivity contribution < 1.29 is 14.7 Å². The number of nitrogens with zero attached hydrogens (tertiary/aromatic N) is 1. The molecule has 6 heteroatoms. The number of carbonyl (C=O) groups excluding carboxylic acids is 1. The predicted molar refractivity (Wildman–Crippen MR) is 108 cm³/mol. The van der Waals surface area contributed by atoms with E-state index < -0.39 is 5.97 Å². The molecule has 0 saturated carbocycles. The number of hydrogen-bond acceptors (Lipinski definition) is 2. The van der Waals surface area contributed by atoms with Crippen molar-refractivity contribution in [1.82, 2.24) is 0 Å². The van der Waals surface area contributed by atoms with E-state index in [1.54, 1.807) is 29.2 Å². The van der Waals surface area contributed by atoms with E-state index in [4.69, 9.17) is 28.3 Å². The first kappa shape index (κ1) is 19.5. The number of anilines is 1. The van der Waals surface area contributed by atoms with E-state index in [1.165, 1.54) is 0 Å². The zero-order valence-corrected chi connectivity index (χ0v) is 16.1. The minimum Gasteiger partial charge on any atom is -0.478 e. The number of benzene rings is 2. The summed E-state index contributed by atoms with van der Waals surface area (Å²) in [5, 5.41) is 9.79. The van der Waals surface area contributed by atoms with E-state index in [0.717, 1.165) is 30.0 Å². The Hall–Kier alpha value is -2.30. The zero-order valence-electron chi connectivity index (χ0n) is 14.6. The van der Waals surface area contributed by atoms with Crippen molar-refractivity contribution in [2.45, 2.75) is 19.3 Å². The Bertz CT molecular complexity index is 874. The molecule has 140 valence electrons. The number of carbonyl (C=O) groups is 2. The Balaban J connectivity index is 1.82. The van der Waals surface area contributed by atoms with Crippen molar-refractivity contribution in [3.8, 4) is 0 Å². The number of rotatable bonds is 5. The Morgan fingerprint density at radius 1 is 1.15 bits per heavy atom. The third-order valence-electron chi connectivity index (χ3n) is 4.68. The van der Waals surface area contributed by atoms with Crippen LogP contribution in [0.25, 0.3) is 6.08 Å². The van der Waals surface area contributed by atoms with Crippen LogP contribution >= 0.6 is 23.2 Å². The molecule has 0 bridgehead atoms. The summed E-state index contributed by atoms with van der Waals surface area (Å²) in [4.78, 5) is 25.0. The van der Waals surface area contributed by atoms with Crippen LogP contribution in [0, 0.1) is 5.92 Å². The summed E-state index contributed by atoms with van der Waals surface area (Å²) in [5.41, 5.74) is 2.49. The highest BCUT2D eigenvalue weighted by Gasteiger charge is 2.29. The topological polar surface area (TPSA) is 57.6 Å². The highest BCUT2D eigenvalue weighted by Crippen LogP contribution is 2.37. The van der Waals surface area contributed by atoms with Gasteiger partial charge in [-0.2, -0.15) is 0 Å². The molecule has 0 radical (unpaired) electrons. The molecule has 1 amide bonds. The summed E-state index contributed by atoms with van der Waals surface area (Å²) in [7, 11) is 0. The summed E-state index contributed by atoms with van der Waals surface area (Å²) < 4.78 is 0. The van der Waals surface area contributed by atoms with Gasteiger partial charge in [0, 0.05) is 19.0 Å². The van der Waals surface area contributed by atoms with Gasteiger partial charge in [-0.15, -0.1) is 0 Å². The molecule has 0 aromatic heterocycles. The molecule has 0 spiro atoms. The van der Waals surface area contributed by atoms with Gasteiger partial charge in [0.05, 0.1) is 15.7 Å². The Morgan fingerprint density at radius 2 is 1.85 bits per heavy atom. The van der Waals surface area contributed by atoms with Crippen LogP contribution < -0.4 is 4.90 Å². The van der Waals surface area contributed by atoms with Crippen molar-refractivity contribution in [1.29, 1.82) is 0 Å². The summed E-state index contributed by atoms with van der Waals surface area (Å²) in [5.74, 6) is -0.734. The van der Waals surface area contributed by atoms with Gasteiger partial charge >= 0.3 is 5.97 Å². The Labute approximate surface area is 168 Å². The molecular formula is C21H19Cl2NO3. The number of aliphatic carboxylic acids is 1. The lowest BCUT2D eigenvalue weighted by molar-refractivity contribution is -0.131. The van der Waals surface area contributed by atoms with E-state index in [1.807, 2.05) is 24.3 Å². The van der Waals surface area contributed by atoms with Crippen LogP contribution in [0.4, 0.5) is 5.69 Å². The summed E-state index contributed by atoms with van der Waals surface area (Å²) >= 11 is 12.6. The van der Waals surface area contributed by atoms with Crippen LogP contribution in [0.3, 0.4) is 0 Å². The molecule has 0 aliphatic carbocycles. The van der Waals surface area contributed by atoms with E-state index in [9.17, 15) is 9.59 Å². The highest BCUT2D eigenvalue weighted by atomic mass is 35.5. The molecule has 27 heavy (non-hydrogen) atoms. The van der Waals surface area contributed by atoms with Crippen molar-refractivity contribution >= 4 is 46.8 Å². The molecule has 4 nitrogen and oxygen atoms in total. The minimum atomic E-state index is -0.979. The molecule has 1 heterocycles. The lowest BCUT2D eigenvalue weighted by Gasteiger charge is -2.34. The maximum absolute atomic E-state index is 12.5. The van der Waals surface area contributed by atoms with Gasteiger partial charge in [0.25, 0.3) is 0 Å². The molecule has 1 fully saturated rings. The number of carboxylic acid groups (broad SMARTS) is 1. The van der Waals surface area contributed by atoms with Crippen LogP contribution in [-0.4, -0.2) is 23.5 Å². The van der Waals surface area contributed by atoms with Gasteiger partial charge in [-0.25, -0.2) is 4.79 Å². The SMILES string of the molecule is O=C(O)C=Cc1ccccc1CC1CCC(=O)N(c2c(Cl)cccc2Cl)C1. The van der Waals surface area contributed by atoms with Crippen molar-refractivity contribution in [2.24, 2.45) is 5.92 Å². The van der Waals surface area contributed by atoms with E-state index in [0.29, 0.717) is 28.7 Å². The summed E-state index contributed by atoms with van der Waals surface area (Å²) in [6.07, 6.45) is 4.69. The second-order valence-corrected chi connectivity index (χ2v) is 7.37. The molecule has 1 N–H and O–H groups in total. The van der Waals surface area contributed by atoms with Gasteiger partial charge in [0.1, 0.15) is 0 Å². The number of para-hydroxylation sites is 1. The van der Waals surface area contributed by atoms with Crippen LogP contribution in [0.2, 0.25) is 10.0 Å². The molecule has 1 aliphatic rings. The van der Waals surface area contributed by atoms with Gasteiger partial charge in [0.15, 0.2) is 0 Å². The van der Waals surface area contributed by atoms with Gasteiger partial charge in [-0.1, -0.05) is 53.5 Å². The normalized spacial score (nSPS) is 17.5. The van der Waals surface area contributed by atoms with Crippen LogP contribution in [0.1, 0.15) is 24.0 Å². The fourth-order valence-corrected chi connectivity index (χ4v) is 4.00. The van der Waals surface area contributed by atoms with Crippen molar-refractivity contribution in [2.75, 3.05) is 11.4 Å². The van der Waals surface area contributed by atoms with E-state index >= 15 is 0 Å². The molecule has 2 aromatic carbocycles. The van der Waals surface area contributed by atoms with E-state index in [2.05, 4.69) is 0 Å². The molecule has 3 rings (SSSR count). The fraction of sp³-hybridized carbons (Fsp3) is 0.238. The first-order valence-electron chi connectivity index (χ1n) is 8.69. The molecule has 2 aromatic rings. The van der Waals surface area contributed by atoms with Crippen LogP contribution in [0.5, 0.6) is 0 Å². The average molecular weight is 404 g/mol. The third kappa shape index (κ3) is 4.71. The standard InChI is InChI=1S/C21H19Cl2NO3/c22-17-6-3-7-18(23)21(17)24-13-14(8-10-19(24)25)12-16-5-2-1-4-15(16)9-11-20(26)27/h1-7,9,11,14H,8,10,12-13H2,(H,26,27). The molecular weight excluding hydrogens is 385 g/mol. The first-order valence-corrected chi connectivity index (χ1v) is 9.44. The lowest BCUT2D eigenvalue weighted by atomic mass is 9.88. The van der Waals surface area contributed by atoms with Crippen LogP contribution in [-0.2, 0) is 16.0 Å². The largest absolute Gasteiger partial charge is 0.478 e. The van der Waals surface area contributed by atoms with E-state index in [-0.39, 0.29) is 11.8 Å². The van der Waals surface area contributed by atoms with Gasteiger partial charge in [0.2, 0.25) is 5.91 Å². The molecule has 1 saturated heterocycles. The second kappa shape index (κ2) is 8.59. The maximum Gasteiger partial charge on any atom is 0.328 e. The Kier molecular flexibility index (Phi) is 6.19.